The number of anilines is 2. The number of benzene rings is 2. The van der Waals surface area contributed by atoms with Gasteiger partial charge < -0.3 is 16.4 Å². The second kappa shape index (κ2) is 9.78. The Balaban J connectivity index is 2.02. The Hall–Kier alpha value is -2.80. The minimum atomic E-state index is -0.596. The number of carbonyl (C=O) groups is 3. The summed E-state index contributed by atoms with van der Waals surface area (Å²) in [6, 6.07) is 14.0. The van der Waals surface area contributed by atoms with E-state index in [9.17, 15) is 14.4 Å². The van der Waals surface area contributed by atoms with Gasteiger partial charge in [-0.2, -0.15) is 0 Å². The molecule has 0 spiro atoms. The van der Waals surface area contributed by atoms with Crippen molar-refractivity contribution in [2.24, 2.45) is 5.73 Å². The van der Waals surface area contributed by atoms with Crippen LogP contribution in [0.25, 0.3) is 0 Å². The zero-order valence-electron chi connectivity index (χ0n) is 15.3. The van der Waals surface area contributed by atoms with Crippen LogP contribution in [0, 0.1) is 0 Å². The first kappa shape index (κ1) is 20.5. The molecule has 2 aromatic carbocycles. The number of amides is 3. The van der Waals surface area contributed by atoms with Crippen molar-refractivity contribution in [3.8, 4) is 0 Å². The van der Waals surface area contributed by atoms with Crippen molar-refractivity contribution in [3.05, 3.63) is 54.1 Å². The summed E-state index contributed by atoms with van der Waals surface area (Å²) in [7, 11) is 0. The molecule has 6 nitrogen and oxygen atoms in total. The molecule has 0 radical (unpaired) electrons. The number of nitrogens with two attached hydrogens (primary N) is 1. The lowest BCUT2D eigenvalue weighted by molar-refractivity contribution is -0.116. The first-order valence-electron chi connectivity index (χ1n) is 8.67. The minimum Gasteiger partial charge on any atom is -0.366 e. The molecule has 0 saturated heterocycles. The van der Waals surface area contributed by atoms with Gasteiger partial charge in [-0.15, -0.1) is 11.8 Å². The fraction of sp³-hybridized carbons (Fsp3) is 0.250. The van der Waals surface area contributed by atoms with Gasteiger partial charge in [0.15, 0.2) is 0 Å². The fourth-order valence-corrected chi connectivity index (χ4v) is 3.32. The van der Waals surface area contributed by atoms with Gasteiger partial charge in [0, 0.05) is 17.0 Å². The predicted molar refractivity (Wildman–Crippen MR) is 109 cm³/mol. The average Bonchev–Trinajstić information content (AvgIpc) is 2.62. The van der Waals surface area contributed by atoms with E-state index in [1.807, 2.05) is 31.2 Å². The second-order valence-corrected chi connectivity index (χ2v) is 7.40. The minimum absolute atomic E-state index is 0.0338. The summed E-state index contributed by atoms with van der Waals surface area (Å²) in [5, 5.41) is 5.18. The second-order valence-electron chi connectivity index (χ2n) is 5.99. The summed E-state index contributed by atoms with van der Waals surface area (Å²) < 4.78 is 0. The molecule has 7 heteroatoms. The lowest BCUT2D eigenvalue weighted by Gasteiger charge is -2.14. The summed E-state index contributed by atoms with van der Waals surface area (Å²) >= 11 is 1.36. The molecule has 0 saturated carbocycles. The molecule has 3 amide bonds. The van der Waals surface area contributed by atoms with Crippen molar-refractivity contribution in [3.63, 3.8) is 0 Å². The van der Waals surface area contributed by atoms with E-state index in [0.29, 0.717) is 17.8 Å². The van der Waals surface area contributed by atoms with Crippen LogP contribution >= 0.6 is 11.8 Å². The number of para-hydroxylation sites is 1. The number of nitrogens with one attached hydrogen (secondary N) is 2. The Labute approximate surface area is 162 Å². The molecule has 142 valence electrons. The van der Waals surface area contributed by atoms with E-state index in [1.54, 1.807) is 31.2 Å². The molecule has 0 aromatic heterocycles. The van der Waals surface area contributed by atoms with Crippen LogP contribution in [0.1, 0.15) is 37.0 Å². The average molecular weight is 385 g/mol. The van der Waals surface area contributed by atoms with Crippen molar-refractivity contribution in [2.75, 3.05) is 10.6 Å². The monoisotopic (exact) mass is 385 g/mol. The van der Waals surface area contributed by atoms with Crippen LogP contribution < -0.4 is 16.4 Å². The van der Waals surface area contributed by atoms with E-state index >= 15 is 0 Å². The highest BCUT2D eigenvalue weighted by atomic mass is 32.2. The van der Waals surface area contributed by atoms with Crippen LogP contribution in [0.4, 0.5) is 11.4 Å². The molecular formula is C20H23N3O3S. The molecule has 1 unspecified atom stereocenters. The van der Waals surface area contributed by atoms with Crippen LogP contribution in [0.3, 0.4) is 0 Å². The highest BCUT2D eigenvalue weighted by Gasteiger charge is 2.17. The van der Waals surface area contributed by atoms with E-state index < -0.39 is 11.2 Å². The smallest absolute Gasteiger partial charge is 0.250 e. The Morgan fingerprint density at radius 2 is 1.81 bits per heavy atom. The van der Waals surface area contributed by atoms with E-state index in [2.05, 4.69) is 10.6 Å². The molecular weight excluding hydrogens is 362 g/mol. The van der Waals surface area contributed by atoms with Gasteiger partial charge in [-0.25, -0.2) is 0 Å². The molecule has 0 bridgehead atoms. The van der Waals surface area contributed by atoms with Gasteiger partial charge in [0.05, 0.1) is 16.5 Å². The van der Waals surface area contributed by atoms with Crippen LogP contribution in [0.15, 0.2) is 53.4 Å². The topological polar surface area (TPSA) is 101 Å². The zero-order valence-corrected chi connectivity index (χ0v) is 16.1. The van der Waals surface area contributed by atoms with Gasteiger partial charge in [-0.05, 0) is 43.7 Å². The van der Waals surface area contributed by atoms with E-state index in [4.69, 9.17) is 5.73 Å². The lowest BCUT2D eigenvalue weighted by Crippen LogP contribution is -2.24. The molecule has 27 heavy (non-hydrogen) atoms. The third-order valence-electron chi connectivity index (χ3n) is 3.73. The molecule has 2 aromatic rings. The predicted octanol–water partition coefficient (Wildman–Crippen LogP) is 3.64. The van der Waals surface area contributed by atoms with E-state index in [-0.39, 0.29) is 17.4 Å². The van der Waals surface area contributed by atoms with E-state index in [1.165, 1.54) is 11.8 Å². The molecule has 4 N–H and O–H groups in total. The summed E-state index contributed by atoms with van der Waals surface area (Å²) in [5.74, 6) is -0.871. The Morgan fingerprint density at radius 3 is 2.52 bits per heavy atom. The molecule has 0 fully saturated rings. The summed E-state index contributed by atoms with van der Waals surface area (Å²) in [6.07, 6.45) is 1.25. The van der Waals surface area contributed by atoms with Gasteiger partial charge >= 0.3 is 0 Å². The normalized spacial score (nSPS) is 11.5. The van der Waals surface area contributed by atoms with Crippen molar-refractivity contribution < 1.29 is 14.4 Å². The van der Waals surface area contributed by atoms with E-state index in [0.717, 1.165) is 11.3 Å². The first-order valence-corrected chi connectivity index (χ1v) is 9.55. The van der Waals surface area contributed by atoms with Gasteiger partial charge in [-0.1, -0.05) is 25.1 Å². The van der Waals surface area contributed by atoms with Gasteiger partial charge in [0.2, 0.25) is 11.8 Å². The maximum atomic E-state index is 12.5. The number of thioether (sulfide) groups is 1. The van der Waals surface area contributed by atoms with Gasteiger partial charge in [0.25, 0.3) is 5.91 Å². The van der Waals surface area contributed by atoms with Crippen molar-refractivity contribution in [1.82, 2.24) is 0 Å². The Kier molecular flexibility index (Phi) is 7.43. The van der Waals surface area contributed by atoms with Gasteiger partial charge in [0.1, 0.15) is 0 Å². The number of rotatable bonds is 8. The molecule has 0 aliphatic heterocycles. The summed E-state index contributed by atoms with van der Waals surface area (Å²) in [4.78, 5) is 36.5. The summed E-state index contributed by atoms with van der Waals surface area (Å²) in [6.45, 7) is 3.72. The standard InChI is InChI=1S/C20H23N3O3S/c1-3-7-18(24)22-14-8-6-9-15(12-14)27-13(2)20(26)23-17-11-5-4-10-16(17)19(21)25/h4-6,8-13H,3,7H2,1-2H3,(H2,21,25)(H,22,24)(H,23,26). The lowest BCUT2D eigenvalue weighted by atomic mass is 10.1. The number of carbonyl (C=O) groups excluding carboxylic acids is 3. The molecule has 0 aliphatic carbocycles. The molecule has 0 aliphatic rings. The highest BCUT2D eigenvalue weighted by Crippen LogP contribution is 2.27. The van der Waals surface area contributed by atoms with Crippen molar-refractivity contribution in [1.29, 1.82) is 0 Å². The maximum absolute atomic E-state index is 12.5. The summed E-state index contributed by atoms with van der Waals surface area (Å²) in [5.41, 5.74) is 6.70. The van der Waals surface area contributed by atoms with Crippen LogP contribution in [0.2, 0.25) is 0 Å². The quantitative estimate of drug-likeness (QED) is 0.604. The number of primary amides is 1. The van der Waals surface area contributed by atoms with Crippen LogP contribution in [0.5, 0.6) is 0 Å². The molecule has 1 atom stereocenters. The SMILES string of the molecule is CCCC(=O)Nc1cccc(SC(C)C(=O)Nc2ccccc2C(N)=O)c1. The molecule has 2 rings (SSSR count). The third-order valence-corrected chi connectivity index (χ3v) is 4.82. The third kappa shape index (κ3) is 6.14. The van der Waals surface area contributed by atoms with Crippen LogP contribution in [-0.2, 0) is 9.59 Å². The van der Waals surface area contributed by atoms with Gasteiger partial charge in [-0.3, -0.25) is 14.4 Å². The van der Waals surface area contributed by atoms with Crippen molar-refractivity contribution >= 4 is 40.9 Å². The van der Waals surface area contributed by atoms with Crippen LogP contribution in [-0.4, -0.2) is 23.0 Å². The number of hydrogen-bond donors (Lipinski definition) is 3. The molecule has 0 heterocycles. The Bertz CT molecular complexity index is 839. The first-order chi connectivity index (χ1) is 12.9. The maximum Gasteiger partial charge on any atom is 0.250 e. The zero-order chi connectivity index (χ0) is 19.8. The number of hydrogen-bond acceptors (Lipinski definition) is 4. The highest BCUT2D eigenvalue weighted by molar-refractivity contribution is 8.00. The fourth-order valence-electron chi connectivity index (χ4n) is 2.40. The Morgan fingerprint density at radius 1 is 1.07 bits per heavy atom. The largest absolute Gasteiger partial charge is 0.366 e. The van der Waals surface area contributed by atoms with Crippen molar-refractivity contribution in [2.45, 2.75) is 36.8 Å².